The molecule has 0 bridgehead atoms. The second-order valence-corrected chi connectivity index (χ2v) is 8.26. The van der Waals surface area contributed by atoms with Crippen LogP contribution in [0.25, 0.3) is 10.9 Å². The largest absolute Gasteiger partial charge is 0.444 e. The van der Waals surface area contributed by atoms with Crippen LogP contribution in [-0.4, -0.2) is 53.2 Å². The highest BCUT2D eigenvalue weighted by Gasteiger charge is 2.28. The van der Waals surface area contributed by atoms with Crippen LogP contribution in [-0.2, 0) is 4.74 Å². The lowest BCUT2D eigenvalue weighted by Crippen LogP contribution is -2.37. The van der Waals surface area contributed by atoms with Gasteiger partial charge in [0.2, 0.25) is 0 Å². The molecular formula is C19H25ClN4O2. The normalized spacial score (nSPS) is 17.6. The fourth-order valence-corrected chi connectivity index (χ4v) is 3.41. The van der Waals surface area contributed by atoms with Crippen LogP contribution >= 0.6 is 11.6 Å². The molecule has 1 amide bonds. The van der Waals surface area contributed by atoms with Crippen molar-refractivity contribution in [2.75, 3.05) is 31.6 Å². The third-order valence-electron chi connectivity index (χ3n) is 4.40. The number of ether oxygens (including phenoxy) is 1. The van der Waals surface area contributed by atoms with Crippen LogP contribution in [0.4, 0.5) is 10.6 Å². The first-order valence-corrected chi connectivity index (χ1v) is 9.20. The maximum Gasteiger partial charge on any atom is 0.410 e. The minimum absolute atomic E-state index is 0.280. The Balaban J connectivity index is 1.67. The molecule has 7 heteroatoms. The summed E-state index contributed by atoms with van der Waals surface area (Å²) in [6.07, 6.45) is 2.30. The van der Waals surface area contributed by atoms with E-state index in [1.807, 2.05) is 39.0 Å². The molecule has 0 spiro atoms. The second kappa shape index (κ2) is 7.27. The van der Waals surface area contributed by atoms with E-state index >= 15 is 0 Å². The zero-order valence-electron chi connectivity index (χ0n) is 15.7. The molecule has 1 unspecified atom stereocenters. The van der Waals surface area contributed by atoms with E-state index in [1.165, 1.54) is 0 Å². The summed E-state index contributed by atoms with van der Waals surface area (Å²) in [7, 11) is 1.79. The van der Waals surface area contributed by atoms with Gasteiger partial charge in [0.15, 0.2) is 0 Å². The number of benzene rings is 1. The average Bonchev–Trinajstić information content (AvgIpc) is 3.00. The third kappa shape index (κ3) is 4.36. The zero-order chi connectivity index (χ0) is 18.9. The van der Waals surface area contributed by atoms with Crippen LogP contribution < -0.4 is 4.90 Å². The number of halogens is 1. The number of carbonyl (C=O) groups excluding carboxylic acids is 1. The van der Waals surface area contributed by atoms with Gasteiger partial charge in [-0.1, -0.05) is 11.6 Å². The summed E-state index contributed by atoms with van der Waals surface area (Å²) in [4.78, 5) is 24.9. The van der Waals surface area contributed by atoms with Crippen molar-refractivity contribution in [3.8, 4) is 0 Å². The van der Waals surface area contributed by atoms with Crippen LogP contribution in [0, 0.1) is 5.92 Å². The van der Waals surface area contributed by atoms with E-state index in [0.29, 0.717) is 17.5 Å². The van der Waals surface area contributed by atoms with Gasteiger partial charge in [0.1, 0.15) is 17.7 Å². The Morgan fingerprint density at radius 2 is 2.15 bits per heavy atom. The summed E-state index contributed by atoms with van der Waals surface area (Å²) in [5.74, 6) is 1.30. The van der Waals surface area contributed by atoms with Gasteiger partial charge in [-0.25, -0.2) is 14.8 Å². The van der Waals surface area contributed by atoms with Crippen LogP contribution in [0.1, 0.15) is 27.2 Å². The van der Waals surface area contributed by atoms with Gasteiger partial charge in [-0.3, -0.25) is 0 Å². The molecule has 2 aromatic rings. The van der Waals surface area contributed by atoms with E-state index in [-0.39, 0.29) is 6.09 Å². The van der Waals surface area contributed by atoms with Crippen molar-refractivity contribution in [3.63, 3.8) is 0 Å². The molecule has 1 aromatic heterocycles. The molecule has 3 rings (SSSR count). The van der Waals surface area contributed by atoms with E-state index < -0.39 is 5.60 Å². The molecule has 1 atom stereocenters. The number of anilines is 1. The summed E-state index contributed by atoms with van der Waals surface area (Å²) < 4.78 is 5.43. The fraction of sp³-hybridized carbons (Fsp3) is 0.526. The molecule has 0 radical (unpaired) electrons. The van der Waals surface area contributed by atoms with E-state index in [2.05, 4.69) is 14.9 Å². The van der Waals surface area contributed by atoms with Crippen molar-refractivity contribution < 1.29 is 9.53 Å². The number of fused-ring (bicyclic) bond motifs is 1. The molecule has 0 saturated carbocycles. The van der Waals surface area contributed by atoms with Gasteiger partial charge in [-0.2, -0.15) is 0 Å². The third-order valence-corrected chi connectivity index (χ3v) is 4.64. The Hall–Kier alpha value is -2.08. The van der Waals surface area contributed by atoms with E-state index in [1.54, 1.807) is 18.3 Å². The maximum atomic E-state index is 12.2. The first-order chi connectivity index (χ1) is 12.2. The van der Waals surface area contributed by atoms with Gasteiger partial charge in [-0.15, -0.1) is 0 Å². The fourth-order valence-electron chi connectivity index (χ4n) is 3.24. The molecular weight excluding hydrogens is 352 g/mol. The van der Waals surface area contributed by atoms with E-state index in [0.717, 1.165) is 36.2 Å². The first kappa shape index (κ1) is 18.7. The average molecular weight is 377 g/mol. The van der Waals surface area contributed by atoms with Crippen molar-refractivity contribution in [1.29, 1.82) is 0 Å². The predicted molar refractivity (Wildman–Crippen MR) is 104 cm³/mol. The highest BCUT2D eigenvalue weighted by Crippen LogP contribution is 2.29. The van der Waals surface area contributed by atoms with Gasteiger partial charge in [0.25, 0.3) is 0 Å². The number of rotatable bonds is 3. The summed E-state index contributed by atoms with van der Waals surface area (Å²) >= 11 is 6.06. The highest BCUT2D eigenvalue weighted by molar-refractivity contribution is 6.31. The van der Waals surface area contributed by atoms with Crippen molar-refractivity contribution in [2.45, 2.75) is 32.8 Å². The van der Waals surface area contributed by atoms with E-state index in [4.69, 9.17) is 16.3 Å². The quantitative estimate of drug-likeness (QED) is 0.811. The van der Waals surface area contributed by atoms with Crippen LogP contribution in [0.15, 0.2) is 24.5 Å². The predicted octanol–water partition coefficient (Wildman–Crippen LogP) is 3.98. The van der Waals surface area contributed by atoms with Crippen molar-refractivity contribution in [2.24, 2.45) is 5.92 Å². The topological polar surface area (TPSA) is 58.6 Å². The Labute approximate surface area is 159 Å². The Bertz CT molecular complexity index is 806. The molecule has 1 aliphatic rings. The smallest absolute Gasteiger partial charge is 0.410 e. The first-order valence-electron chi connectivity index (χ1n) is 8.82. The van der Waals surface area contributed by atoms with Gasteiger partial charge in [0, 0.05) is 37.1 Å². The standard InChI is InChI=1S/C19H25ClN4O2/c1-19(2,3)26-18(25)23(4)10-13-7-8-24(11-13)17-15-6-5-14(20)9-16(15)21-12-22-17/h5-6,9,12-13H,7-8,10-11H2,1-4H3. The number of hydrogen-bond acceptors (Lipinski definition) is 5. The monoisotopic (exact) mass is 376 g/mol. The van der Waals surface area contributed by atoms with Gasteiger partial charge in [0.05, 0.1) is 5.52 Å². The SMILES string of the molecule is CN(CC1CCN(c2ncnc3cc(Cl)ccc23)C1)C(=O)OC(C)(C)C. The summed E-state index contributed by atoms with van der Waals surface area (Å²) in [5.41, 5.74) is 0.366. The minimum Gasteiger partial charge on any atom is -0.444 e. The molecule has 2 heterocycles. The van der Waals surface area contributed by atoms with Crippen LogP contribution in [0.5, 0.6) is 0 Å². The lowest BCUT2D eigenvalue weighted by molar-refractivity contribution is 0.0277. The molecule has 1 aliphatic heterocycles. The van der Waals surface area contributed by atoms with Crippen molar-refractivity contribution in [1.82, 2.24) is 14.9 Å². The van der Waals surface area contributed by atoms with Crippen LogP contribution in [0.3, 0.4) is 0 Å². The van der Waals surface area contributed by atoms with Crippen LogP contribution in [0.2, 0.25) is 5.02 Å². The molecule has 0 aliphatic carbocycles. The molecule has 1 aromatic carbocycles. The van der Waals surface area contributed by atoms with Gasteiger partial charge < -0.3 is 14.5 Å². The minimum atomic E-state index is -0.478. The van der Waals surface area contributed by atoms with Crippen molar-refractivity contribution in [3.05, 3.63) is 29.5 Å². The molecule has 1 fully saturated rings. The molecule has 0 N–H and O–H groups in total. The Morgan fingerprint density at radius 3 is 2.88 bits per heavy atom. The van der Waals surface area contributed by atoms with Crippen molar-refractivity contribution >= 4 is 34.4 Å². The van der Waals surface area contributed by atoms with Gasteiger partial charge >= 0.3 is 6.09 Å². The second-order valence-electron chi connectivity index (χ2n) is 7.82. The summed E-state index contributed by atoms with van der Waals surface area (Å²) in [5, 5.41) is 1.67. The molecule has 140 valence electrons. The summed E-state index contributed by atoms with van der Waals surface area (Å²) in [6, 6.07) is 5.68. The number of nitrogens with zero attached hydrogens (tertiary/aromatic N) is 4. The maximum absolute atomic E-state index is 12.2. The molecule has 6 nitrogen and oxygen atoms in total. The highest BCUT2D eigenvalue weighted by atomic mass is 35.5. The number of aromatic nitrogens is 2. The number of carbonyl (C=O) groups is 1. The lowest BCUT2D eigenvalue weighted by atomic mass is 10.1. The Morgan fingerprint density at radius 1 is 1.38 bits per heavy atom. The number of hydrogen-bond donors (Lipinski definition) is 0. The van der Waals surface area contributed by atoms with Gasteiger partial charge in [-0.05, 0) is 51.3 Å². The Kier molecular flexibility index (Phi) is 5.23. The zero-order valence-corrected chi connectivity index (χ0v) is 16.5. The molecule has 1 saturated heterocycles. The number of amides is 1. The van der Waals surface area contributed by atoms with E-state index in [9.17, 15) is 4.79 Å². The molecule has 26 heavy (non-hydrogen) atoms. The lowest BCUT2D eigenvalue weighted by Gasteiger charge is -2.26. The summed E-state index contributed by atoms with van der Waals surface area (Å²) in [6.45, 7) is 8.05.